The highest BCUT2D eigenvalue weighted by Gasteiger charge is 2.06. The third kappa shape index (κ3) is 0.910. The molecular formula is C12H7BO. The van der Waals surface area contributed by atoms with E-state index < -0.39 is 0 Å². The average Bonchev–Trinajstić information content (AvgIpc) is 2.80. The van der Waals surface area contributed by atoms with Gasteiger partial charge in [0.1, 0.15) is 19.0 Å². The smallest absolute Gasteiger partial charge is 0.135 e. The molecule has 0 aliphatic rings. The molecule has 0 spiro atoms. The molecule has 2 heteroatoms. The summed E-state index contributed by atoms with van der Waals surface area (Å²) in [5.74, 6) is 0. The molecule has 64 valence electrons. The van der Waals surface area contributed by atoms with Crippen LogP contribution in [-0.2, 0) is 0 Å². The van der Waals surface area contributed by atoms with E-state index in [1.165, 1.54) is 6.07 Å². The summed E-state index contributed by atoms with van der Waals surface area (Å²) in [5.41, 5.74) is 0.0412. The lowest BCUT2D eigenvalue weighted by atomic mass is 9.91. The maximum atomic E-state index is 7.82. The van der Waals surface area contributed by atoms with Crippen LogP contribution in [0.15, 0.2) is 46.7 Å². The van der Waals surface area contributed by atoms with Crippen molar-refractivity contribution in [3.63, 3.8) is 0 Å². The normalized spacial score (nSPS) is 17.1. The fourth-order valence-corrected chi connectivity index (χ4v) is 1.45. The van der Waals surface area contributed by atoms with Crippen molar-refractivity contribution in [2.75, 3.05) is 0 Å². The van der Waals surface area contributed by atoms with Crippen molar-refractivity contribution < 1.29 is 12.6 Å². The Morgan fingerprint density at radius 1 is 1.07 bits per heavy atom. The summed E-state index contributed by atoms with van der Waals surface area (Å²) in [6.07, 6.45) is 0. The Labute approximate surface area is 91.2 Å². The van der Waals surface area contributed by atoms with Gasteiger partial charge in [0, 0.05) is 10.8 Å². The summed E-state index contributed by atoms with van der Waals surface area (Å²) in [6.45, 7) is 0. The van der Waals surface area contributed by atoms with Crippen LogP contribution >= 0.6 is 0 Å². The molecule has 0 bridgehead atoms. The van der Waals surface area contributed by atoms with E-state index in [0.29, 0.717) is 5.39 Å². The molecule has 1 heterocycles. The van der Waals surface area contributed by atoms with Gasteiger partial charge in [-0.05, 0) is 12.1 Å². The van der Waals surface area contributed by atoms with Gasteiger partial charge in [0.25, 0.3) is 0 Å². The van der Waals surface area contributed by atoms with Crippen molar-refractivity contribution in [1.29, 1.82) is 0 Å². The van der Waals surface area contributed by atoms with E-state index >= 15 is 0 Å². The number of fused-ring (bicyclic) bond motifs is 3. The summed E-state index contributed by atoms with van der Waals surface area (Å²) in [5, 5.41) is 0.582. The minimum Gasteiger partial charge on any atom is -0.456 e. The van der Waals surface area contributed by atoms with Crippen LogP contribution in [-0.4, -0.2) is 7.85 Å². The minimum absolute atomic E-state index is 0.0111. The molecule has 0 saturated heterocycles. The fourth-order valence-electron chi connectivity index (χ4n) is 1.45. The van der Waals surface area contributed by atoms with Gasteiger partial charge >= 0.3 is 0 Å². The van der Waals surface area contributed by atoms with Crippen LogP contribution in [0.1, 0.15) is 8.22 Å². The van der Waals surface area contributed by atoms with Gasteiger partial charge in [0.2, 0.25) is 0 Å². The highest BCUT2D eigenvalue weighted by atomic mass is 16.3. The Kier molecular flexibility index (Phi) is 0.721. The van der Waals surface area contributed by atoms with Crippen molar-refractivity contribution >= 4 is 35.2 Å². The number of benzene rings is 2. The maximum absolute atomic E-state index is 7.82. The second-order valence-electron chi connectivity index (χ2n) is 2.88. The van der Waals surface area contributed by atoms with Crippen LogP contribution in [0.5, 0.6) is 0 Å². The molecule has 0 saturated carbocycles. The second kappa shape index (κ2) is 2.64. The quantitative estimate of drug-likeness (QED) is 0.489. The van der Waals surface area contributed by atoms with Gasteiger partial charge in [0.05, 0.1) is 8.22 Å². The molecule has 1 aromatic heterocycles. The van der Waals surface area contributed by atoms with E-state index in [9.17, 15) is 0 Å². The van der Waals surface area contributed by atoms with Crippen molar-refractivity contribution in [2.24, 2.45) is 0 Å². The van der Waals surface area contributed by atoms with Crippen molar-refractivity contribution in [2.45, 2.75) is 0 Å². The fraction of sp³-hybridized carbons (Fsp3) is 0. The SMILES string of the molecule is [2H]c1cc2c(oc3c([2H])c([2H])c([2H])c([B])c32)c([2H])c1[2H]. The molecule has 2 aromatic carbocycles. The van der Waals surface area contributed by atoms with Gasteiger partial charge in [-0.25, -0.2) is 0 Å². The Balaban J connectivity index is 2.67. The molecule has 0 N–H and O–H groups in total. The van der Waals surface area contributed by atoms with E-state index in [1.54, 1.807) is 0 Å². The Bertz CT molecular complexity index is 885. The molecule has 1 nitrogen and oxygen atoms in total. The molecule has 2 radical (unpaired) electrons. The molecule has 0 amide bonds. The Hall–Kier alpha value is -1.70. The molecular weight excluding hydrogens is 171 g/mol. The molecule has 3 aromatic rings. The van der Waals surface area contributed by atoms with Crippen molar-refractivity contribution in [3.8, 4) is 0 Å². The number of furan rings is 1. The van der Waals surface area contributed by atoms with Crippen LogP contribution in [0, 0.1) is 0 Å². The Morgan fingerprint density at radius 3 is 2.86 bits per heavy atom. The highest BCUT2D eigenvalue weighted by molar-refractivity contribution is 6.41. The van der Waals surface area contributed by atoms with Crippen LogP contribution < -0.4 is 5.46 Å². The van der Waals surface area contributed by atoms with E-state index in [4.69, 9.17) is 20.5 Å². The van der Waals surface area contributed by atoms with E-state index in [1.807, 2.05) is 0 Å². The number of hydrogen-bond donors (Lipinski definition) is 0. The molecule has 0 fully saturated rings. The third-order valence-corrected chi connectivity index (χ3v) is 2.05. The summed E-state index contributed by atoms with van der Waals surface area (Å²) < 4.78 is 51.7. The molecule has 0 unspecified atom stereocenters. The zero-order valence-electron chi connectivity index (χ0n) is 13.1. The standard InChI is InChI=1S/C12H7BO/c13-9-5-3-7-11-12(9)8-4-1-2-6-10(8)14-11/h1-7H/i1D,2D,3D,5D,6D,7D. The first-order chi connectivity index (χ1) is 9.34. The van der Waals surface area contributed by atoms with E-state index in [0.717, 1.165) is 0 Å². The van der Waals surface area contributed by atoms with Gasteiger partial charge in [-0.1, -0.05) is 35.7 Å². The van der Waals surface area contributed by atoms with Gasteiger partial charge in [0.15, 0.2) is 0 Å². The van der Waals surface area contributed by atoms with Crippen LogP contribution in [0.25, 0.3) is 21.9 Å². The molecule has 3 rings (SSSR count). The van der Waals surface area contributed by atoms with Gasteiger partial charge in [-0.2, -0.15) is 0 Å². The predicted molar refractivity (Wildman–Crippen MR) is 59.1 cm³/mol. The third-order valence-electron chi connectivity index (χ3n) is 2.05. The molecule has 0 atom stereocenters. The predicted octanol–water partition coefficient (Wildman–Crippen LogP) is 2.38. The largest absolute Gasteiger partial charge is 0.456 e. The lowest BCUT2D eigenvalue weighted by Crippen LogP contribution is -2.00. The molecule has 0 aliphatic heterocycles. The highest BCUT2D eigenvalue weighted by Crippen LogP contribution is 2.26. The molecule has 14 heavy (non-hydrogen) atoms. The summed E-state index contributed by atoms with van der Waals surface area (Å²) in [6, 6.07) is -0.277. The number of para-hydroxylation sites is 1. The van der Waals surface area contributed by atoms with Gasteiger partial charge in [-0.15, -0.1) is 0 Å². The first-order valence-electron chi connectivity index (χ1n) is 7.02. The maximum Gasteiger partial charge on any atom is 0.135 e. The first kappa shape index (κ1) is 3.81. The van der Waals surface area contributed by atoms with Gasteiger partial charge < -0.3 is 4.42 Å². The van der Waals surface area contributed by atoms with Crippen LogP contribution in [0.4, 0.5) is 0 Å². The van der Waals surface area contributed by atoms with E-state index in [2.05, 4.69) is 0 Å². The average molecular weight is 184 g/mol. The van der Waals surface area contributed by atoms with Gasteiger partial charge in [-0.3, -0.25) is 0 Å². The van der Waals surface area contributed by atoms with E-state index in [-0.39, 0.29) is 58.3 Å². The van der Waals surface area contributed by atoms with Crippen molar-refractivity contribution in [1.82, 2.24) is 0 Å². The topological polar surface area (TPSA) is 13.1 Å². The van der Waals surface area contributed by atoms with Crippen LogP contribution in [0.3, 0.4) is 0 Å². The summed E-state index contributed by atoms with van der Waals surface area (Å²) in [4.78, 5) is 0. The minimum atomic E-state index is -0.349. The first-order valence-corrected chi connectivity index (χ1v) is 4.02. The molecule has 0 aliphatic carbocycles. The van der Waals surface area contributed by atoms with Crippen molar-refractivity contribution in [3.05, 3.63) is 42.3 Å². The van der Waals surface area contributed by atoms with Crippen LogP contribution in [0.2, 0.25) is 0 Å². The zero-order chi connectivity index (χ0) is 14.8. The zero-order valence-corrected chi connectivity index (χ0v) is 7.06. The number of rotatable bonds is 0. The summed E-state index contributed by atoms with van der Waals surface area (Å²) in [7, 11) is 5.82. The number of hydrogen-bond acceptors (Lipinski definition) is 1. The lowest BCUT2D eigenvalue weighted by molar-refractivity contribution is 0.669. The monoisotopic (exact) mass is 184 g/mol. The second-order valence-corrected chi connectivity index (χ2v) is 2.88. The lowest BCUT2D eigenvalue weighted by Gasteiger charge is -1.93. The Morgan fingerprint density at radius 2 is 1.93 bits per heavy atom. The summed E-state index contributed by atoms with van der Waals surface area (Å²) >= 11 is 0.